The van der Waals surface area contributed by atoms with E-state index in [9.17, 15) is 13.2 Å². The van der Waals surface area contributed by atoms with E-state index in [1.807, 2.05) is 26.0 Å². The molecule has 0 aliphatic carbocycles. The van der Waals surface area contributed by atoms with Crippen LogP contribution in [0.4, 0.5) is 0 Å². The number of piperazine rings is 1. The number of rotatable bonds is 5. The van der Waals surface area contributed by atoms with E-state index < -0.39 is 10.0 Å². The SMILES string of the molecule is CCCS(=O)(=O)N1CCN(C(=O)Cc2ccc(C)c(C)c2)CC1. The Kier molecular flexibility index (Phi) is 5.81. The zero-order chi connectivity index (χ0) is 17.0. The van der Waals surface area contributed by atoms with E-state index in [0.717, 1.165) is 5.56 Å². The summed E-state index contributed by atoms with van der Waals surface area (Å²) >= 11 is 0. The lowest BCUT2D eigenvalue weighted by Gasteiger charge is -2.34. The second-order valence-corrected chi connectivity index (χ2v) is 8.28. The Morgan fingerprint density at radius 1 is 1.09 bits per heavy atom. The number of benzene rings is 1. The zero-order valence-corrected chi connectivity index (χ0v) is 15.0. The Morgan fingerprint density at radius 2 is 1.74 bits per heavy atom. The first-order valence-electron chi connectivity index (χ1n) is 8.15. The Labute approximate surface area is 139 Å². The van der Waals surface area contributed by atoms with Gasteiger partial charge in [-0.05, 0) is 37.0 Å². The predicted molar refractivity (Wildman–Crippen MR) is 91.9 cm³/mol. The van der Waals surface area contributed by atoms with Crippen molar-refractivity contribution in [2.45, 2.75) is 33.6 Å². The third-order valence-corrected chi connectivity index (χ3v) is 6.45. The Morgan fingerprint density at radius 3 is 2.30 bits per heavy atom. The van der Waals surface area contributed by atoms with E-state index in [-0.39, 0.29) is 11.7 Å². The van der Waals surface area contributed by atoms with Crippen molar-refractivity contribution in [3.8, 4) is 0 Å². The van der Waals surface area contributed by atoms with Crippen molar-refractivity contribution >= 4 is 15.9 Å². The van der Waals surface area contributed by atoms with Crippen LogP contribution in [0.5, 0.6) is 0 Å². The lowest BCUT2D eigenvalue weighted by Crippen LogP contribution is -2.51. The highest BCUT2D eigenvalue weighted by molar-refractivity contribution is 7.89. The molecular weight excluding hydrogens is 312 g/mol. The molecule has 128 valence electrons. The van der Waals surface area contributed by atoms with Gasteiger partial charge in [-0.1, -0.05) is 25.1 Å². The predicted octanol–water partition coefficient (Wildman–Crippen LogP) is 1.73. The van der Waals surface area contributed by atoms with Crippen LogP contribution >= 0.6 is 0 Å². The van der Waals surface area contributed by atoms with E-state index in [1.54, 1.807) is 4.90 Å². The molecule has 0 saturated carbocycles. The van der Waals surface area contributed by atoms with Crippen LogP contribution in [-0.2, 0) is 21.2 Å². The maximum Gasteiger partial charge on any atom is 0.227 e. The average Bonchev–Trinajstić information content (AvgIpc) is 2.51. The van der Waals surface area contributed by atoms with Gasteiger partial charge in [0.15, 0.2) is 0 Å². The topological polar surface area (TPSA) is 57.7 Å². The van der Waals surface area contributed by atoms with Gasteiger partial charge >= 0.3 is 0 Å². The van der Waals surface area contributed by atoms with E-state index in [1.165, 1.54) is 15.4 Å². The largest absolute Gasteiger partial charge is 0.340 e. The van der Waals surface area contributed by atoms with Crippen LogP contribution in [0, 0.1) is 13.8 Å². The molecule has 1 aliphatic heterocycles. The molecule has 6 heteroatoms. The Hall–Kier alpha value is -1.40. The zero-order valence-electron chi connectivity index (χ0n) is 14.2. The maximum atomic E-state index is 12.4. The number of hydrogen-bond acceptors (Lipinski definition) is 3. The highest BCUT2D eigenvalue weighted by Gasteiger charge is 2.28. The number of sulfonamides is 1. The fourth-order valence-electron chi connectivity index (χ4n) is 2.80. The normalized spacial score (nSPS) is 16.6. The van der Waals surface area contributed by atoms with Gasteiger partial charge in [0, 0.05) is 26.2 Å². The van der Waals surface area contributed by atoms with Crippen LogP contribution in [0.2, 0.25) is 0 Å². The quantitative estimate of drug-likeness (QED) is 0.821. The van der Waals surface area contributed by atoms with E-state index in [0.29, 0.717) is 39.0 Å². The molecule has 1 fully saturated rings. The van der Waals surface area contributed by atoms with Crippen molar-refractivity contribution in [3.05, 3.63) is 34.9 Å². The monoisotopic (exact) mass is 338 g/mol. The van der Waals surface area contributed by atoms with Crippen molar-refractivity contribution in [2.24, 2.45) is 0 Å². The first kappa shape index (κ1) is 17.9. The fourth-order valence-corrected chi connectivity index (χ4v) is 4.30. The van der Waals surface area contributed by atoms with E-state index in [2.05, 4.69) is 13.0 Å². The molecule has 2 rings (SSSR count). The number of nitrogens with zero attached hydrogens (tertiary/aromatic N) is 2. The fraction of sp³-hybridized carbons (Fsp3) is 0.588. The van der Waals surface area contributed by atoms with Gasteiger partial charge in [0.2, 0.25) is 15.9 Å². The molecule has 1 saturated heterocycles. The summed E-state index contributed by atoms with van der Waals surface area (Å²) < 4.78 is 25.6. The lowest BCUT2D eigenvalue weighted by atomic mass is 10.0. The number of carbonyl (C=O) groups is 1. The third-order valence-electron chi connectivity index (χ3n) is 4.37. The molecular formula is C17H26N2O3S. The third kappa shape index (κ3) is 4.54. The minimum Gasteiger partial charge on any atom is -0.340 e. The van der Waals surface area contributed by atoms with Crippen molar-refractivity contribution in [3.63, 3.8) is 0 Å². The second kappa shape index (κ2) is 7.45. The smallest absolute Gasteiger partial charge is 0.227 e. The van der Waals surface area contributed by atoms with Crippen LogP contribution in [0.3, 0.4) is 0 Å². The molecule has 0 spiro atoms. The standard InChI is InChI=1S/C17H26N2O3S/c1-4-11-23(21,22)19-9-7-18(8-10-19)17(20)13-16-6-5-14(2)15(3)12-16/h5-6,12H,4,7-11,13H2,1-3H3. The van der Waals surface area contributed by atoms with Crippen molar-refractivity contribution in [2.75, 3.05) is 31.9 Å². The van der Waals surface area contributed by atoms with Crippen LogP contribution < -0.4 is 0 Å². The highest BCUT2D eigenvalue weighted by atomic mass is 32.2. The van der Waals surface area contributed by atoms with Gasteiger partial charge in [-0.15, -0.1) is 0 Å². The molecule has 1 aromatic rings. The van der Waals surface area contributed by atoms with Crippen molar-refractivity contribution < 1.29 is 13.2 Å². The summed E-state index contributed by atoms with van der Waals surface area (Å²) in [6.45, 7) is 7.72. The van der Waals surface area contributed by atoms with Crippen LogP contribution in [-0.4, -0.2) is 55.5 Å². The van der Waals surface area contributed by atoms with Crippen LogP contribution in [0.25, 0.3) is 0 Å². The molecule has 0 aromatic heterocycles. The molecule has 0 N–H and O–H groups in total. The summed E-state index contributed by atoms with van der Waals surface area (Å²) in [5.74, 6) is 0.254. The van der Waals surface area contributed by atoms with Gasteiger partial charge in [0.1, 0.15) is 0 Å². The average molecular weight is 338 g/mol. The van der Waals surface area contributed by atoms with Crippen molar-refractivity contribution in [1.29, 1.82) is 0 Å². The van der Waals surface area contributed by atoms with E-state index >= 15 is 0 Å². The van der Waals surface area contributed by atoms with Crippen molar-refractivity contribution in [1.82, 2.24) is 9.21 Å². The van der Waals surface area contributed by atoms with Gasteiger partial charge < -0.3 is 4.90 Å². The summed E-state index contributed by atoms with van der Waals surface area (Å²) in [4.78, 5) is 14.2. The first-order chi connectivity index (χ1) is 10.8. The number of amides is 1. The molecule has 0 atom stereocenters. The molecule has 1 aliphatic rings. The molecule has 5 nitrogen and oxygen atoms in total. The van der Waals surface area contributed by atoms with Gasteiger partial charge in [-0.3, -0.25) is 4.79 Å². The summed E-state index contributed by atoms with van der Waals surface area (Å²) in [5.41, 5.74) is 3.42. The summed E-state index contributed by atoms with van der Waals surface area (Å²) in [5, 5.41) is 0. The summed E-state index contributed by atoms with van der Waals surface area (Å²) in [7, 11) is -3.16. The summed E-state index contributed by atoms with van der Waals surface area (Å²) in [6, 6.07) is 6.07. The molecule has 23 heavy (non-hydrogen) atoms. The lowest BCUT2D eigenvalue weighted by molar-refractivity contribution is -0.131. The second-order valence-electron chi connectivity index (χ2n) is 6.19. The minimum atomic E-state index is -3.16. The maximum absolute atomic E-state index is 12.4. The molecule has 0 bridgehead atoms. The van der Waals surface area contributed by atoms with E-state index in [4.69, 9.17) is 0 Å². The highest BCUT2D eigenvalue weighted by Crippen LogP contribution is 2.13. The van der Waals surface area contributed by atoms with Gasteiger partial charge in [0.05, 0.1) is 12.2 Å². The van der Waals surface area contributed by atoms with Gasteiger partial charge in [-0.2, -0.15) is 4.31 Å². The molecule has 1 heterocycles. The van der Waals surface area contributed by atoms with Gasteiger partial charge in [-0.25, -0.2) is 8.42 Å². The molecule has 1 aromatic carbocycles. The number of hydrogen-bond donors (Lipinski definition) is 0. The van der Waals surface area contributed by atoms with Crippen LogP contribution in [0.15, 0.2) is 18.2 Å². The first-order valence-corrected chi connectivity index (χ1v) is 9.76. The number of aryl methyl sites for hydroxylation is 2. The summed E-state index contributed by atoms with van der Waals surface area (Å²) in [6.07, 6.45) is 0.997. The Balaban J connectivity index is 1.92. The minimum absolute atomic E-state index is 0.0702. The molecule has 0 radical (unpaired) electrons. The Bertz CT molecular complexity index is 662. The number of carbonyl (C=O) groups excluding carboxylic acids is 1. The van der Waals surface area contributed by atoms with Crippen LogP contribution in [0.1, 0.15) is 30.0 Å². The molecule has 0 unspecified atom stereocenters. The molecule has 1 amide bonds. The van der Waals surface area contributed by atoms with Gasteiger partial charge in [0.25, 0.3) is 0 Å².